The highest BCUT2D eigenvalue weighted by molar-refractivity contribution is 5.80. The Morgan fingerprint density at radius 3 is 3.11 bits per heavy atom. The van der Waals surface area contributed by atoms with Crippen LogP contribution < -0.4 is 11.1 Å². The Balaban J connectivity index is 1.62. The third-order valence-electron chi connectivity index (χ3n) is 3.38. The normalized spacial score (nSPS) is 24.3. The van der Waals surface area contributed by atoms with Crippen molar-refractivity contribution in [2.75, 3.05) is 6.54 Å². The molecule has 6 heteroatoms. The van der Waals surface area contributed by atoms with Crippen molar-refractivity contribution < 1.29 is 9.53 Å². The van der Waals surface area contributed by atoms with Gasteiger partial charge in [-0.2, -0.15) is 0 Å². The Hall–Kier alpha value is -1.40. The summed E-state index contributed by atoms with van der Waals surface area (Å²) < 4.78 is 7.63. The molecule has 0 bridgehead atoms. The second-order valence-electron chi connectivity index (χ2n) is 5.04. The van der Waals surface area contributed by atoms with E-state index in [1.165, 1.54) is 0 Å². The lowest BCUT2D eigenvalue weighted by Gasteiger charge is -2.16. The zero-order valence-electron chi connectivity index (χ0n) is 11.3. The highest BCUT2D eigenvalue weighted by atomic mass is 16.5. The number of rotatable bonds is 6. The second kappa shape index (κ2) is 6.68. The summed E-state index contributed by atoms with van der Waals surface area (Å²) in [6.07, 6.45) is 7.63. The molecule has 1 amide bonds. The zero-order valence-corrected chi connectivity index (χ0v) is 11.3. The molecule has 1 saturated heterocycles. The second-order valence-corrected chi connectivity index (χ2v) is 5.04. The number of aryl methyl sites for hydroxylation is 1. The third-order valence-corrected chi connectivity index (χ3v) is 3.38. The van der Waals surface area contributed by atoms with Crippen molar-refractivity contribution in [3.63, 3.8) is 0 Å². The number of carbonyl (C=O) groups is 1. The van der Waals surface area contributed by atoms with Crippen LogP contribution in [0.1, 0.15) is 26.2 Å². The first-order chi connectivity index (χ1) is 9.16. The molecule has 1 fully saturated rings. The van der Waals surface area contributed by atoms with Gasteiger partial charge in [-0.1, -0.05) is 0 Å². The summed E-state index contributed by atoms with van der Waals surface area (Å²) in [6, 6.07) is -0.0148. The fraction of sp³-hybridized carbons (Fsp3) is 0.692. The van der Waals surface area contributed by atoms with E-state index >= 15 is 0 Å². The minimum absolute atomic E-state index is 0.0148. The monoisotopic (exact) mass is 266 g/mol. The molecule has 6 nitrogen and oxygen atoms in total. The lowest BCUT2D eigenvalue weighted by atomic mass is 10.1. The van der Waals surface area contributed by atoms with E-state index in [9.17, 15) is 4.79 Å². The Morgan fingerprint density at radius 2 is 2.47 bits per heavy atom. The maximum atomic E-state index is 11.9. The number of carbonyl (C=O) groups excluding carboxylic acids is 1. The maximum absolute atomic E-state index is 11.9. The van der Waals surface area contributed by atoms with Crippen LogP contribution in [0.2, 0.25) is 0 Å². The third kappa shape index (κ3) is 4.04. The van der Waals surface area contributed by atoms with Crippen LogP contribution in [0.25, 0.3) is 0 Å². The van der Waals surface area contributed by atoms with Gasteiger partial charge in [0.1, 0.15) is 6.10 Å². The lowest BCUT2D eigenvalue weighted by molar-refractivity contribution is -0.132. The van der Waals surface area contributed by atoms with E-state index in [0.29, 0.717) is 6.54 Å². The fourth-order valence-electron chi connectivity index (χ4n) is 2.25. The van der Waals surface area contributed by atoms with Crippen LogP contribution in [0.5, 0.6) is 0 Å². The molecule has 106 valence electrons. The van der Waals surface area contributed by atoms with Crippen LogP contribution >= 0.6 is 0 Å². The number of nitrogens with one attached hydrogen (secondary N) is 1. The molecular formula is C13H22N4O2. The van der Waals surface area contributed by atoms with E-state index in [0.717, 1.165) is 25.8 Å². The lowest BCUT2D eigenvalue weighted by Crippen LogP contribution is -2.38. The number of amides is 1. The van der Waals surface area contributed by atoms with E-state index < -0.39 is 0 Å². The first-order valence-corrected chi connectivity index (χ1v) is 6.81. The molecule has 0 radical (unpaired) electrons. The van der Waals surface area contributed by atoms with Gasteiger partial charge in [0.25, 0.3) is 0 Å². The smallest absolute Gasteiger partial charge is 0.249 e. The van der Waals surface area contributed by atoms with E-state index in [1.807, 2.05) is 17.7 Å². The van der Waals surface area contributed by atoms with Crippen molar-refractivity contribution in [2.24, 2.45) is 5.73 Å². The van der Waals surface area contributed by atoms with Crippen molar-refractivity contribution in [3.05, 3.63) is 18.7 Å². The average Bonchev–Trinajstić information content (AvgIpc) is 3.05. The summed E-state index contributed by atoms with van der Waals surface area (Å²) in [6.45, 7) is 3.42. The van der Waals surface area contributed by atoms with Crippen LogP contribution in [0, 0.1) is 0 Å². The van der Waals surface area contributed by atoms with Gasteiger partial charge in [-0.15, -0.1) is 0 Å². The molecule has 2 rings (SSSR count). The maximum Gasteiger partial charge on any atom is 0.249 e. The van der Waals surface area contributed by atoms with E-state index in [2.05, 4.69) is 10.3 Å². The van der Waals surface area contributed by atoms with Crippen LogP contribution in [-0.4, -0.2) is 40.3 Å². The Kier molecular flexibility index (Phi) is 4.93. The molecule has 3 N–H and O–H groups in total. The molecule has 2 heterocycles. The van der Waals surface area contributed by atoms with Gasteiger partial charge in [-0.05, 0) is 26.2 Å². The van der Waals surface area contributed by atoms with E-state index in [1.54, 1.807) is 12.5 Å². The van der Waals surface area contributed by atoms with Crippen molar-refractivity contribution in [2.45, 2.75) is 51.0 Å². The predicted molar refractivity (Wildman–Crippen MR) is 71.4 cm³/mol. The van der Waals surface area contributed by atoms with Crippen LogP contribution in [0.3, 0.4) is 0 Å². The largest absolute Gasteiger partial charge is 0.364 e. The quantitative estimate of drug-likeness (QED) is 0.725. The molecule has 1 aliphatic heterocycles. The summed E-state index contributed by atoms with van der Waals surface area (Å²) in [7, 11) is 0. The molecule has 1 aliphatic rings. The number of nitrogens with zero attached hydrogens (tertiary/aromatic N) is 2. The zero-order chi connectivity index (χ0) is 13.7. The van der Waals surface area contributed by atoms with Gasteiger partial charge in [0.2, 0.25) is 5.91 Å². The Labute approximate surface area is 113 Å². The van der Waals surface area contributed by atoms with Gasteiger partial charge in [0.05, 0.1) is 12.4 Å². The van der Waals surface area contributed by atoms with Gasteiger partial charge in [0.15, 0.2) is 0 Å². The van der Waals surface area contributed by atoms with Crippen molar-refractivity contribution >= 4 is 5.91 Å². The highest BCUT2D eigenvalue weighted by Gasteiger charge is 2.32. The van der Waals surface area contributed by atoms with Crippen LogP contribution in [-0.2, 0) is 16.1 Å². The molecule has 3 atom stereocenters. The van der Waals surface area contributed by atoms with Crippen molar-refractivity contribution in [1.29, 1.82) is 0 Å². The van der Waals surface area contributed by atoms with Crippen LogP contribution in [0.15, 0.2) is 18.7 Å². The molecule has 0 aliphatic carbocycles. The van der Waals surface area contributed by atoms with Gasteiger partial charge in [-0.25, -0.2) is 4.98 Å². The topological polar surface area (TPSA) is 82.2 Å². The summed E-state index contributed by atoms with van der Waals surface area (Å²) in [5, 5.41) is 2.91. The number of imidazole rings is 1. The van der Waals surface area contributed by atoms with Gasteiger partial charge in [-0.3, -0.25) is 4.79 Å². The van der Waals surface area contributed by atoms with Gasteiger partial charge < -0.3 is 20.4 Å². The number of ether oxygens (including phenoxy) is 1. The van der Waals surface area contributed by atoms with Gasteiger partial charge >= 0.3 is 0 Å². The summed E-state index contributed by atoms with van der Waals surface area (Å²) in [4.78, 5) is 15.8. The molecule has 1 aromatic rings. The Morgan fingerprint density at radius 1 is 1.63 bits per heavy atom. The Bertz CT molecular complexity index is 391. The highest BCUT2D eigenvalue weighted by Crippen LogP contribution is 2.21. The minimum atomic E-state index is -0.329. The first-order valence-electron chi connectivity index (χ1n) is 6.81. The molecule has 0 unspecified atom stereocenters. The fourth-order valence-corrected chi connectivity index (χ4v) is 2.25. The standard InChI is InChI=1S/C13H22N4O2/c1-10(14)11-3-4-12(19-11)13(18)16-5-2-7-17-8-6-15-9-17/h6,8-12H,2-5,7,14H2,1H3,(H,16,18)/t10-,11-,12+/m0/s1. The molecular weight excluding hydrogens is 244 g/mol. The van der Waals surface area contributed by atoms with E-state index in [-0.39, 0.29) is 24.2 Å². The minimum Gasteiger partial charge on any atom is -0.364 e. The summed E-state index contributed by atoms with van der Waals surface area (Å²) >= 11 is 0. The number of hydrogen-bond acceptors (Lipinski definition) is 4. The molecule has 19 heavy (non-hydrogen) atoms. The van der Waals surface area contributed by atoms with Gasteiger partial charge in [0, 0.05) is 31.5 Å². The van der Waals surface area contributed by atoms with Crippen molar-refractivity contribution in [1.82, 2.24) is 14.9 Å². The average molecular weight is 266 g/mol. The number of nitrogens with two attached hydrogens (primary N) is 1. The predicted octanol–water partition coefficient (Wildman–Crippen LogP) is 0.284. The van der Waals surface area contributed by atoms with E-state index in [4.69, 9.17) is 10.5 Å². The SMILES string of the molecule is C[C@H](N)[C@@H]1CC[C@H](C(=O)NCCCn2ccnc2)O1. The number of aromatic nitrogens is 2. The number of hydrogen-bond donors (Lipinski definition) is 2. The van der Waals surface area contributed by atoms with Crippen LogP contribution in [0.4, 0.5) is 0 Å². The molecule has 0 spiro atoms. The summed E-state index contributed by atoms with van der Waals surface area (Å²) in [5.74, 6) is -0.0196. The molecule has 0 saturated carbocycles. The molecule has 1 aromatic heterocycles. The summed E-state index contributed by atoms with van der Waals surface area (Å²) in [5.41, 5.74) is 5.77. The first kappa shape index (κ1) is 14.0. The van der Waals surface area contributed by atoms with Crippen molar-refractivity contribution in [3.8, 4) is 0 Å². The molecule has 0 aromatic carbocycles.